The fourth-order valence-corrected chi connectivity index (χ4v) is 7.12. The lowest BCUT2D eigenvalue weighted by atomic mass is 9.67. The summed E-state index contributed by atoms with van der Waals surface area (Å²) in [5, 5.41) is 0. The highest BCUT2D eigenvalue weighted by Gasteiger charge is 2.59. The third-order valence-electron chi connectivity index (χ3n) is 7.63. The van der Waals surface area contributed by atoms with Gasteiger partial charge in [-0.05, 0) is 56.2 Å². The molecule has 39 heavy (non-hydrogen) atoms. The number of para-hydroxylation sites is 1. The summed E-state index contributed by atoms with van der Waals surface area (Å²) in [5.74, 6) is -1.64. The number of carbonyl (C=O) groups is 3. The van der Waals surface area contributed by atoms with Crippen LogP contribution in [0.25, 0.3) is 5.70 Å². The van der Waals surface area contributed by atoms with Gasteiger partial charge in [0.25, 0.3) is 10.0 Å². The number of amides is 1. The topological polar surface area (TPSA) is 91.8 Å². The summed E-state index contributed by atoms with van der Waals surface area (Å²) in [6, 6.07) is 22.9. The monoisotopic (exact) mass is 542 g/mol. The van der Waals surface area contributed by atoms with E-state index in [-0.39, 0.29) is 41.9 Å². The number of fused-ring (bicyclic) bond motifs is 2. The molecule has 7 nitrogen and oxygen atoms in total. The van der Waals surface area contributed by atoms with Crippen LogP contribution in [0.15, 0.2) is 89.8 Å². The molecular weight excluding hydrogens is 512 g/mol. The molecule has 200 valence electrons. The van der Waals surface area contributed by atoms with Crippen molar-refractivity contribution in [2.24, 2.45) is 5.92 Å². The molecule has 2 aliphatic rings. The van der Waals surface area contributed by atoms with Crippen molar-refractivity contribution in [1.29, 1.82) is 0 Å². The molecule has 2 aliphatic heterocycles. The Bertz CT molecular complexity index is 1600. The molecule has 5 rings (SSSR count). The molecule has 2 atom stereocenters. The van der Waals surface area contributed by atoms with Gasteiger partial charge in [-0.25, -0.2) is 8.42 Å². The van der Waals surface area contributed by atoms with E-state index in [1.165, 1.54) is 18.2 Å². The van der Waals surface area contributed by atoms with Gasteiger partial charge in [0.15, 0.2) is 0 Å². The predicted octanol–water partition coefficient (Wildman–Crippen LogP) is 4.51. The summed E-state index contributed by atoms with van der Waals surface area (Å²) in [7, 11) is -4.08. The number of sulfonamides is 1. The molecule has 3 aromatic carbocycles. The predicted molar refractivity (Wildman–Crippen MR) is 149 cm³/mol. The summed E-state index contributed by atoms with van der Waals surface area (Å²) < 4.78 is 29.4. The van der Waals surface area contributed by atoms with Crippen LogP contribution in [0.5, 0.6) is 0 Å². The Hall–Kier alpha value is -4.04. The fraction of sp³-hybridized carbons (Fsp3) is 0.258. The summed E-state index contributed by atoms with van der Waals surface area (Å²) in [4.78, 5) is 41.2. The van der Waals surface area contributed by atoms with Gasteiger partial charge in [-0.2, -0.15) is 0 Å². The second-order valence-electron chi connectivity index (χ2n) is 10.2. The SMILES string of the molecule is CC(=O)CCN1C(=O)[C@]2(C=C(c3ccccc3)N(S(=O)(=O)c3ccc(C)cc3)C[C@H]2C(C)=O)c2ccccc21. The smallest absolute Gasteiger partial charge is 0.264 e. The third kappa shape index (κ3) is 4.38. The molecule has 3 aromatic rings. The standard InChI is InChI=1S/C31H30N2O5S/c1-21-13-15-25(16-14-21)39(37,38)33-20-27(23(3)35)31(19-29(33)24-9-5-4-6-10-24)26-11-7-8-12-28(26)32(30(31)36)18-17-22(2)34/h4-16,19,27H,17-18,20H2,1-3H3/t27-,31+/m0/s1. The van der Waals surface area contributed by atoms with E-state index in [2.05, 4.69) is 0 Å². The largest absolute Gasteiger partial charge is 0.311 e. The minimum Gasteiger partial charge on any atom is -0.311 e. The number of hydrogen-bond acceptors (Lipinski definition) is 5. The zero-order valence-electron chi connectivity index (χ0n) is 22.1. The molecular formula is C31H30N2O5S. The molecule has 0 N–H and O–H groups in total. The molecule has 0 bridgehead atoms. The number of rotatable bonds is 7. The number of carbonyl (C=O) groups excluding carboxylic acids is 3. The van der Waals surface area contributed by atoms with E-state index in [1.807, 2.05) is 37.3 Å². The van der Waals surface area contributed by atoms with Crippen molar-refractivity contribution in [2.45, 2.75) is 37.5 Å². The van der Waals surface area contributed by atoms with Crippen LogP contribution in [0, 0.1) is 12.8 Å². The molecule has 1 amide bonds. The van der Waals surface area contributed by atoms with Crippen molar-refractivity contribution >= 4 is 38.9 Å². The van der Waals surface area contributed by atoms with Gasteiger partial charge >= 0.3 is 0 Å². The first-order valence-corrected chi connectivity index (χ1v) is 14.3. The first-order valence-electron chi connectivity index (χ1n) is 12.9. The number of hydrogen-bond donors (Lipinski definition) is 0. The summed E-state index contributed by atoms with van der Waals surface area (Å²) >= 11 is 0. The first kappa shape index (κ1) is 26.6. The van der Waals surface area contributed by atoms with Gasteiger partial charge in [0, 0.05) is 25.2 Å². The minimum atomic E-state index is -4.08. The maximum Gasteiger partial charge on any atom is 0.264 e. The molecule has 2 heterocycles. The third-order valence-corrected chi connectivity index (χ3v) is 9.42. The Labute approximate surface area is 228 Å². The lowest BCUT2D eigenvalue weighted by Crippen LogP contribution is -2.54. The van der Waals surface area contributed by atoms with Gasteiger partial charge in [0.1, 0.15) is 17.0 Å². The zero-order valence-corrected chi connectivity index (χ0v) is 22.9. The molecule has 0 aromatic heterocycles. The zero-order chi connectivity index (χ0) is 27.9. The fourth-order valence-electron chi connectivity index (χ4n) is 5.62. The Morgan fingerprint density at radius 1 is 0.923 bits per heavy atom. The average molecular weight is 543 g/mol. The average Bonchev–Trinajstić information content (AvgIpc) is 3.15. The number of benzene rings is 3. The maximum atomic E-state index is 14.4. The van der Waals surface area contributed by atoms with E-state index >= 15 is 0 Å². The van der Waals surface area contributed by atoms with Gasteiger partial charge in [-0.1, -0.05) is 66.2 Å². The molecule has 0 fully saturated rings. The van der Waals surface area contributed by atoms with Crippen LogP contribution in [0.1, 0.15) is 37.0 Å². The van der Waals surface area contributed by atoms with Crippen LogP contribution in [0.3, 0.4) is 0 Å². The summed E-state index contributed by atoms with van der Waals surface area (Å²) in [6.07, 6.45) is 1.84. The van der Waals surface area contributed by atoms with Crippen LogP contribution in [-0.2, 0) is 29.8 Å². The van der Waals surface area contributed by atoms with Crippen molar-refractivity contribution in [3.05, 3.63) is 102 Å². The van der Waals surface area contributed by atoms with Crippen molar-refractivity contribution in [3.63, 3.8) is 0 Å². The molecule has 0 saturated carbocycles. The molecule has 0 saturated heterocycles. The highest BCUT2D eigenvalue weighted by atomic mass is 32.2. The van der Waals surface area contributed by atoms with Crippen LogP contribution >= 0.6 is 0 Å². The highest BCUT2D eigenvalue weighted by Crippen LogP contribution is 2.52. The quantitative estimate of drug-likeness (QED) is 0.438. The van der Waals surface area contributed by atoms with E-state index < -0.39 is 21.4 Å². The first-order chi connectivity index (χ1) is 18.6. The number of Topliss-reactive ketones (excluding diaryl/α,β-unsaturated/α-hetero) is 2. The molecule has 1 spiro atoms. The number of anilines is 1. The van der Waals surface area contributed by atoms with Crippen LogP contribution in [0.4, 0.5) is 5.69 Å². The van der Waals surface area contributed by atoms with E-state index in [9.17, 15) is 22.8 Å². The van der Waals surface area contributed by atoms with E-state index in [4.69, 9.17) is 0 Å². The van der Waals surface area contributed by atoms with Gasteiger partial charge < -0.3 is 4.90 Å². The Morgan fingerprint density at radius 3 is 2.21 bits per heavy atom. The Balaban J connectivity index is 1.77. The van der Waals surface area contributed by atoms with Crippen LogP contribution < -0.4 is 4.90 Å². The van der Waals surface area contributed by atoms with Gasteiger partial charge in [-0.3, -0.25) is 18.7 Å². The number of nitrogens with zero attached hydrogens (tertiary/aromatic N) is 2. The minimum absolute atomic E-state index is 0.0520. The molecule has 8 heteroatoms. The second kappa shape index (κ2) is 9.93. The normalized spacial score (nSPS) is 20.6. The van der Waals surface area contributed by atoms with Gasteiger partial charge in [-0.15, -0.1) is 0 Å². The molecule has 0 unspecified atom stereocenters. The molecule has 0 aliphatic carbocycles. The Morgan fingerprint density at radius 2 is 1.56 bits per heavy atom. The van der Waals surface area contributed by atoms with Crippen molar-refractivity contribution in [3.8, 4) is 0 Å². The summed E-state index contributed by atoms with van der Waals surface area (Å²) in [5.41, 5.74) is 1.73. The van der Waals surface area contributed by atoms with E-state index in [1.54, 1.807) is 59.5 Å². The maximum absolute atomic E-state index is 14.4. The number of ketones is 2. The number of aryl methyl sites for hydroxylation is 1. The van der Waals surface area contributed by atoms with Crippen LogP contribution in [0.2, 0.25) is 0 Å². The van der Waals surface area contributed by atoms with Crippen LogP contribution in [-0.4, -0.2) is 43.3 Å². The van der Waals surface area contributed by atoms with E-state index in [0.29, 0.717) is 22.5 Å². The van der Waals surface area contributed by atoms with Gasteiger partial charge in [0.05, 0.1) is 16.5 Å². The van der Waals surface area contributed by atoms with E-state index in [0.717, 1.165) is 5.56 Å². The second-order valence-corrected chi connectivity index (χ2v) is 12.1. The lowest BCUT2D eigenvalue weighted by molar-refractivity contribution is -0.131. The lowest BCUT2D eigenvalue weighted by Gasteiger charge is -2.43. The summed E-state index contributed by atoms with van der Waals surface area (Å²) in [6.45, 7) is 4.73. The van der Waals surface area contributed by atoms with Crippen molar-refractivity contribution < 1.29 is 22.8 Å². The Kier molecular flexibility index (Phi) is 6.76. The molecule has 0 radical (unpaired) electrons. The van der Waals surface area contributed by atoms with Gasteiger partial charge in [0.2, 0.25) is 5.91 Å². The van der Waals surface area contributed by atoms with Crippen molar-refractivity contribution in [2.75, 3.05) is 18.0 Å². The highest BCUT2D eigenvalue weighted by molar-refractivity contribution is 7.89. The van der Waals surface area contributed by atoms with Crippen molar-refractivity contribution in [1.82, 2.24) is 4.31 Å².